The molecule has 0 saturated heterocycles. The van der Waals surface area contributed by atoms with Crippen molar-refractivity contribution in [1.82, 2.24) is 14.5 Å². The third-order valence-corrected chi connectivity index (χ3v) is 6.20. The molecule has 0 unspecified atom stereocenters. The lowest BCUT2D eigenvalue weighted by Gasteiger charge is -2.09. The predicted molar refractivity (Wildman–Crippen MR) is 138 cm³/mol. The van der Waals surface area contributed by atoms with Gasteiger partial charge in [-0.05, 0) is 54.4 Å². The second kappa shape index (κ2) is 8.91. The van der Waals surface area contributed by atoms with Crippen molar-refractivity contribution >= 4 is 22.0 Å². The molecule has 6 aromatic rings. The second-order valence-electron chi connectivity index (χ2n) is 8.48. The summed E-state index contributed by atoms with van der Waals surface area (Å²) in [6, 6.07) is 20.7. The van der Waals surface area contributed by atoms with Crippen LogP contribution in [0.2, 0.25) is 0 Å². The number of hydrogen-bond donors (Lipinski definition) is 0. The number of ether oxygens (including phenoxy) is 2. The summed E-state index contributed by atoms with van der Waals surface area (Å²) in [6.45, 7) is 1.85. The molecule has 0 spiro atoms. The van der Waals surface area contributed by atoms with Gasteiger partial charge in [0, 0.05) is 29.3 Å². The van der Waals surface area contributed by atoms with Crippen LogP contribution in [-0.2, 0) is 0 Å². The molecule has 3 aromatic heterocycles. The highest BCUT2D eigenvalue weighted by molar-refractivity contribution is 5.98. The first-order valence-electron chi connectivity index (χ1n) is 11.5. The van der Waals surface area contributed by atoms with E-state index in [1.807, 2.05) is 43.5 Å². The topological polar surface area (TPSA) is 79.4 Å². The summed E-state index contributed by atoms with van der Waals surface area (Å²) in [5.41, 5.74) is 3.21. The molecule has 182 valence electrons. The van der Waals surface area contributed by atoms with Gasteiger partial charge >= 0.3 is 5.63 Å². The predicted octanol–water partition coefficient (Wildman–Crippen LogP) is 6.44. The monoisotopic (exact) mass is 493 g/mol. The molecule has 0 aliphatic heterocycles. The number of methoxy groups -OCH3 is 1. The largest absolute Gasteiger partial charge is 0.497 e. The molecule has 6 rings (SSSR count). The highest BCUT2D eigenvalue weighted by Crippen LogP contribution is 2.39. The molecule has 3 heterocycles. The zero-order chi connectivity index (χ0) is 25.5. The maximum atomic E-state index is 14.8. The first kappa shape index (κ1) is 22.5. The number of rotatable bonds is 5. The van der Waals surface area contributed by atoms with Crippen LogP contribution in [-0.4, -0.2) is 21.6 Å². The van der Waals surface area contributed by atoms with Crippen molar-refractivity contribution in [1.29, 1.82) is 0 Å². The summed E-state index contributed by atoms with van der Waals surface area (Å²) in [5, 5.41) is 1.41. The Labute approximate surface area is 210 Å². The molecule has 0 atom stereocenters. The van der Waals surface area contributed by atoms with Crippen molar-refractivity contribution < 1.29 is 18.3 Å². The summed E-state index contributed by atoms with van der Waals surface area (Å²) in [5.74, 6) is 1.03. The van der Waals surface area contributed by atoms with E-state index in [2.05, 4.69) is 9.97 Å². The van der Waals surface area contributed by atoms with E-state index < -0.39 is 5.63 Å². The van der Waals surface area contributed by atoms with Crippen LogP contribution in [0.3, 0.4) is 0 Å². The number of halogens is 1. The van der Waals surface area contributed by atoms with Crippen molar-refractivity contribution in [2.75, 3.05) is 7.11 Å². The first-order chi connectivity index (χ1) is 18.0. The van der Waals surface area contributed by atoms with Crippen LogP contribution < -0.4 is 15.1 Å². The Morgan fingerprint density at radius 2 is 1.73 bits per heavy atom. The Morgan fingerprint density at radius 3 is 2.51 bits per heavy atom. The highest BCUT2D eigenvalue weighted by atomic mass is 19.1. The average Bonchev–Trinajstić information content (AvgIpc) is 3.29. The van der Waals surface area contributed by atoms with Gasteiger partial charge in [-0.2, -0.15) is 0 Å². The van der Waals surface area contributed by atoms with E-state index in [-0.39, 0.29) is 11.7 Å². The molecule has 0 radical (unpaired) electrons. The Bertz CT molecular complexity index is 1840. The third kappa shape index (κ3) is 3.98. The van der Waals surface area contributed by atoms with E-state index in [9.17, 15) is 9.18 Å². The minimum atomic E-state index is -0.435. The van der Waals surface area contributed by atoms with E-state index in [0.717, 1.165) is 22.1 Å². The van der Waals surface area contributed by atoms with Crippen molar-refractivity contribution in [3.63, 3.8) is 0 Å². The molecular weight excluding hydrogens is 473 g/mol. The molecular formula is C29H20FN3O4. The summed E-state index contributed by atoms with van der Waals surface area (Å²) >= 11 is 0. The first-order valence-corrected chi connectivity index (χ1v) is 11.5. The summed E-state index contributed by atoms with van der Waals surface area (Å²) in [4.78, 5) is 20.8. The fraction of sp³-hybridized carbons (Fsp3) is 0.0690. The Balaban J connectivity index is 1.55. The minimum absolute atomic E-state index is 0.278. The quantitative estimate of drug-likeness (QED) is 0.257. The minimum Gasteiger partial charge on any atom is -0.497 e. The van der Waals surface area contributed by atoms with Gasteiger partial charge in [0.15, 0.2) is 5.65 Å². The van der Waals surface area contributed by atoms with Gasteiger partial charge in [-0.3, -0.25) is 4.57 Å². The van der Waals surface area contributed by atoms with Crippen LogP contribution in [0.4, 0.5) is 4.39 Å². The zero-order valence-electron chi connectivity index (χ0n) is 19.9. The SMILES string of the molecule is COc1ccc(-c2cn(-c3ccccc3F)c3ncnc(Oc4ccc5c(C)cc(=O)oc5c4)c23)cc1. The van der Waals surface area contributed by atoms with Crippen molar-refractivity contribution in [3.05, 3.63) is 107 Å². The number of hydrogen-bond acceptors (Lipinski definition) is 6. The van der Waals surface area contributed by atoms with E-state index in [0.29, 0.717) is 33.8 Å². The van der Waals surface area contributed by atoms with Gasteiger partial charge in [0.2, 0.25) is 5.88 Å². The van der Waals surface area contributed by atoms with E-state index in [1.165, 1.54) is 18.5 Å². The van der Waals surface area contributed by atoms with Gasteiger partial charge in [-0.15, -0.1) is 0 Å². The summed E-state index contributed by atoms with van der Waals surface area (Å²) in [6.07, 6.45) is 3.19. The van der Waals surface area contributed by atoms with E-state index >= 15 is 0 Å². The van der Waals surface area contributed by atoms with Crippen LogP contribution in [0.5, 0.6) is 17.4 Å². The molecule has 0 N–H and O–H groups in total. The Morgan fingerprint density at radius 1 is 0.946 bits per heavy atom. The van der Waals surface area contributed by atoms with Gasteiger partial charge in [-0.1, -0.05) is 24.3 Å². The Kier molecular flexibility index (Phi) is 5.41. The van der Waals surface area contributed by atoms with E-state index in [4.69, 9.17) is 13.9 Å². The highest BCUT2D eigenvalue weighted by Gasteiger charge is 2.20. The van der Waals surface area contributed by atoms with Crippen LogP contribution in [0.15, 0.2) is 94.5 Å². The van der Waals surface area contributed by atoms with Gasteiger partial charge < -0.3 is 13.9 Å². The summed E-state index contributed by atoms with van der Waals surface area (Å²) in [7, 11) is 1.60. The molecule has 0 fully saturated rings. The lowest BCUT2D eigenvalue weighted by atomic mass is 10.1. The smallest absolute Gasteiger partial charge is 0.336 e. The van der Waals surface area contributed by atoms with Gasteiger partial charge in [0.25, 0.3) is 0 Å². The van der Waals surface area contributed by atoms with Crippen LogP contribution in [0.25, 0.3) is 38.8 Å². The Hall–Kier alpha value is -4.98. The van der Waals surface area contributed by atoms with Gasteiger partial charge in [0.1, 0.15) is 29.2 Å². The normalized spacial score (nSPS) is 11.2. The number of para-hydroxylation sites is 1. The number of aromatic nitrogens is 3. The molecule has 7 nitrogen and oxygen atoms in total. The fourth-order valence-electron chi connectivity index (χ4n) is 4.41. The molecule has 37 heavy (non-hydrogen) atoms. The van der Waals surface area contributed by atoms with Crippen molar-refractivity contribution in [3.8, 4) is 34.2 Å². The number of fused-ring (bicyclic) bond motifs is 2. The molecule has 0 aliphatic rings. The van der Waals surface area contributed by atoms with E-state index in [1.54, 1.807) is 42.0 Å². The third-order valence-electron chi connectivity index (χ3n) is 6.20. The van der Waals surface area contributed by atoms with Gasteiger partial charge in [-0.25, -0.2) is 19.2 Å². The fourth-order valence-corrected chi connectivity index (χ4v) is 4.41. The van der Waals surface area contributed by atoms with Crippen molar-refractivity contribution in [2.45, 2.75) is 6.92 Å². The zero-order valence-corrected chi connectivity index (χ0v) is 19.9. The number of aryl methyl sites for hydroxylation is 1. The van der Waals surface area contributed by atoms with Crippen molar-refractivity contribution in [2.24, 2.45) is 0 Å². The van der Waals surface area contributed by atoms with Crippen LogP contribution in [0.1, 0.15) is 5.56 Å². The summed E-state index contributed by atoms with van der Waals surface area (Å²) < 4.78 is 33.4. The molecule has 0 aliphatic carbocycles. The maximum Gasteiger partial charge on any atom is 0.336 e. The molecule has 3 aromatic carbocycles. The standard InChI is InChI=1S/C29H20FN3O4/c1-17-13-26(34)37-25-14-20(11-12-21(17)25)36-29-27-22(18-7-9-19(35-2)10-8-18)15-33(28(27)31-16-32-29)24-6-4-3-5-23(24)30/h3-16H,1-2H3. The van der Waals surface area contributed by atoms with Gasteiger partial charge in [0.05, 0.1) is 18.2 Å². The molecule has 8 heteroatoms. The number of benzene rings is 3. The second-order valence-corrected chi connectivity index (χ2v) is 8.48. The molecule has 0 amide bonds. The lowest BCUT2D eigenvalue weighted by Crippen LogP contribution is -1.99. The molecule has 0 bridgehead atoms. The maximum absolute atomic E-state index is 14.8. The molecule has 0 saturated carbocycles. The van der Waals surface area contributed by atoms with Crippen LogP contribution >= 0.6 is 0 Å². The lowest BCUT2D eigenvalue weighted by molar-refractivity contribution is 0.415. The average molecular weight is 493 g/mol. The number of nitrogens with zero attached hydrogens (tertiary/aromatic N) is 3. The van der Waals surface area contributed by atoms with Crippen LogP contribution in [0, 0.1) is 12.7 Å².